The van der Waals surface area contributed by atoms with Crippen molar-refractivity contribution in [2.45, 2.75) is 76.3 Å². The van der Waals surface area contributed by atoms with E-state index in [-0.39, 0.29) is 12.1 Å². The van der Waals surface area contributed by atoms with Crippen LogP contribution < -0.4 is 0 Å². The number of hydrogen-bond donors (Lipinski definition) is 0. The smallest absolute Gasteiger partial charge is 0.195 e. The van der Waals surface area contributed by atoms with Gasteiger partial charge in [0.05, 0.1) is 0 Å². The zero-order valence-corrected chi connectivity index (χ0v) is 13.2. The van der Waals surface area contributed by atoms with E-state index in [1.165, 1.54) is 42.8 Å². The number of nitrogens with zero attached hydrogens (tertiary/aromatic N) is 2. The highest BCUT2D eigenvalue weighted by Crippen LogP contribution is 2.32. The van der Waals surface area contributed by atoms with Crippen molar-refractivity contribution in [1.29, 1.82) is 0 Å². The molecule has 0 radical (unpaired) electrons. The molecule has 19 heavy (non-hydrogen) atoms. The van der Waals surface area contributed by atoms with E-state index in [1.807, 2.05) is 4.31 Å². The van der Waals surface area contributed by atoms with Crippen LogP contribution in [0, 0.1) is 0 Å². The van der Waals surface area contributed by atoms with Crippen LogP contribution in [-0.4, -0.2) is 43.2 Å². The summed E-state index contributed by atoms with van der Waals surface area (Å²) in [7, 11) is 0.0498. The summed E-state index contributed by atoms with van der Waals surface area (Å²) in [5.41, 5.74) is 0. The number of rotatable bonds is 4. The van der Waals surface area contributed by atoms with Gasteiger partial charge in [0.2, 0.25) is 0 Å². The Morgan fingerprint density at radius 3 is 1.42 bits per heavy atom. The molecule has 0 aromatic rings. The maximum Gasteiger partial charge on any atom is 0.281 e. The van der Waals surface area contributed by atoms with Gasteiger partial charge in [-0.1, -0.05) is 38.5 Å². The Hall–Kier alpha value is -0.130. The first-order valence-corrected chi connectivity index (χ1v) is 9.14. The molecule has 0 atom stereocenters. The van der Waals surface area contributed by atoms with Crippen molar-refractivity contribution in [1.82, 2.24) is 8.61 Å². The Bertz CT molecular complexity index is 351. The first-order chi connectivity index (χ1) is 9.03. The fourth-order valence-corrected chi connectivity index (χ4v) is 5.09. The molecule has 0 N–H and O–H groups in total. The molecule has 4 nitrogen and oxygen atoms in total. The van der Waals surface area contributed by atoms with Crippen LogP contribution >= 0.6 is 0 Å². The Morgan fingerprint density at radius 2 is 1.11 bits per heavy atom. The summed E-state index contributed by atoms with van der Waals surface area (Å²) in [5, 5.41) is 0. The molecule has 0 saturated heterocycles. The maximum atomic E-state index is 12.7. The lowest BCUT2D eigenvalue weighted by molar-refractivity contribution is 0.162. The van der Waals surface area contributed by atoms with Gasteiger partial charge < -0.3 is 0 Å². The van der Waals surface area contributed by atoms with Crippen LogP contribution in [0.2, 0.25) is 0 Å². The molecule has 0 heterocycles. The van der Waals surface area contributed by atoms with Crippen LogP contribution in [-0.2, 0) is 10.2 Å². The van der Waals surface area contributed by atoms with Crippen LogP contribution in [0.15, 0.2) is 0 Å². The minimum absolute atomic E-state index is 0.240. The second kappa shape index (κ2) is 6.55. The highest BCUT2D eigenvalue weighted by atomic mass is 32.2. The van der Waals surface area contributed by atoms with Crippen molar-refractivity contribution in [2.24, 2.45) is 0 Å². The predicted molar refractivity (Wildman–Crippen MR) is 78.2 cm³/mol. The third kappa shape index (κ3) is 3.50. The third-order valence-electron chi connectivity index (χ3n) is 4.60. The third-order valence-corrected chi connectivity index (χ3v) is 6.65. The molecule has 2 aliphatic carbocycles. The second-order valence-electron chi connectivity index (χ2n) is 6.20. The average molecular weight is 288 g/mol. The fourth-order valence-electron chi connectivity index (χ4n) is 3.53. The molecule has 0 amide bonds. The molecular formula is C14H28N2O2S. The summed E-state index contributed by atoms with van der Waals surface area (Å²) in [4.78, 5) is 0. The average Bonchev–Trinajstić information content (AvgIpc) is 2.41. The molecule has 5 heteroatoms. The summed E-state index contributed by atoms with van der Waals surface area (Å²) in [5.74, 6) is 0. The molecule has 0 aromatic carbocycles. The van der Waals surface area contributed by atoms with Gasteiger partial charge in [0.25, 0.3) is 10.2 Å². The molecule has 0 unspecified atom stereocenters. The van der Waals surface area contributed by atoms with E-state index < -0.39 is 10.2 Å². The van der Waals surface area contributed by atoms with Crippen LogP contribution in [0.25, 0.3) is 0 Å². The molecule has 0 spiro atoms. The van der Waals surface area contributed by atoms with Crippen molar-refractivity contribution in [3.05, 3.63) is 0 Å². The monoisotopic (exact) mass is 288 g/mol. The van der Waals surface area contributed by atoms with E-state index in [0.717, 1.165) is 25.7 Å². The van der Waals surface area contributed by atoms with Crippen LogP contribution in [0.5, 0.6) is 0 Å². The molecule has 2 rings (SSSR count). The molecule has 2 aliphatic rings. The summed E-state index contributed by atoms with van der Waals surface area (Å²) in [6.45, 7) is 0. The lowest BCUT2D eigenvalue weighted by Gasteiger charge is -2.41. The van der Waals surface area contributed by atoms with E-state index in [9.17, 15) is 8.42 Å². The van der Waals surface area contributed by atoms with Crippen LogP contribution in [0.4, 0.5) is 0 Å². The lowest BCUT2D eigenvalue weighted by atomic mass is 9.91. The fraction of sp³-hybridized carbons (Fsp3) is 1.00. The van der Waals surface area contributed by atoms with E-state index >= 15 is 0 Å². The van der Waals surface area contributed by atoms with Crippen molar-refractivity contribution in [3.63, 3.8) is 0 Å². The zero-order chi connectivity index (χ0) is 13.9. The van der Waals surface area contributed by atoms with Crippen LogP contribution in [0.3, 0.4) is 0 Å². The van der Waals surface area contributed by atoms with Crippen molar-refractivity contribution in [3.8, 4) is 0 Å². The van der Waals surface area contributed by atoms with Gasteiger partial charge in [-0.15, -0.1) is 0 Å². The molecule has 112 valence electrons. The van der Waals surface area contributed by atoms with Gasteiger partial charge >= 0.3 is 0 Å². The standard InChI is InChI=1S/C14H28N2O2S/c1-15(2)19(17,18)16(13-9-5-3-6-10-13)14-11-7-4-8-12-14/h13-14H,3-12H2,1-2H3. The summed E-state index contributed by atoms with van der Waals surface area (Å²) in [6, 6.07) is 0.480. The van der Waals surface area contributed by atoms with Gasteiger partial charge in [-0.25, -0.2) is 0 Å². The topological polar surface area (TPSA) is 40.6 Å². The van der Waals surface area contributed by atoms with E-state index in [4.69, 9.17) is 0 Å². The normalized spacial score (nSPS) is 24.2. The van der Waals surface area contributed by atoms with Gasteiger partial charge in [0, 0.05) is 26.2 Å². The predicted octanol–water partition coefficient (Wildman–Crippen LogP) is 2.76. The molecule has 2 saturated carbocycles. The van der Waals surface area contributed by atoms with E-state index in [1.54, 1.807) is 14.1 Å². The second-order valence-corrected chi connectivity index (χ2v) is 8.25. The zero-order valence-electron chi connectivity index (χ0n) is 12.3. The maximum absolute atomic E-state index is 12.7. The largest absolute Gasteiger partial charge is 0.281 e. The summed E-state index contributed by atoms with van der Waals surface area (Å²) < 4.78 is 28.6. The SMILES string of the molecule is CN(C)S(=O)(=O)N(C1CCCCC1)C1CCCCC1. The van der Waals surface area contributed by atoms with Gasteiger partial charge in [-0.3, -0.25) is 0 Å². The lowest BCUT2D eigenvalue weighted by Crippen LogP contribution is -2.52. The highest BCUT2D eigenvalue weighted by molar-refractivity contribution is 7.86. The Morgan fingerprint density at radius 1 is 0.737 bits per heavy atom. The van der Waals surface area contributed by atoms with Gasteiger partial charge in [-0.05, 0) is 25.7 Å². The minimum atomic E-state index is -3.27. The highest BCUT2D eigenvalue weighted by Gasteiger charge is 2.38. The first kappa shape index (κ1) is 15.3. The Kier molecular flexibility index (Phi) is 5.26. The molecule has 0 bridgehead atoms. The minimum Gasteiger partial charge on any atom is -0.195 e. The summed E-state index contributed by atoms with van der Waals surface area (Å²) in [6.07, 6.45) is 11.4. The summed E-state index contributed by atoms with van der Waals surface area (Å²) >= 11 is 0. The van der Waals surface area contributed by atoms with Crippen molar-refractivity contribution in [2.75, 3.05) is 14.1 Å². The Balaban J connectivity index is 2.21. The number of hydrogen-bond acceptors (Lipinski definition) is 2. The van der Waals surface area contributed by atoms with E-state index in [2.05, 4.69) is 0 Å². The Labute approximate surface area is 118 Å². The molecule has 0 aliphatic heterocycles. The van der Waals surface area contributed by atoms with E-state index in [0.29, 0.717) is 0 Å². The van der Waals surface area contributed by atoms with Crippen molar-refractivity contribution >= 4 is 10.2 Å². The van der Waals surface area contributed by atoms with Crippen molar-refractivity contribution < 1.29 is 8.42 Å². The van der Waals surface area contributed by atoms with Crippen LogP contribution in [0.1, 0.15) is 64.2 Å². The molecular weight excluding hydrogens is 260 g/mol. The van der Waals surface area contributed by atoms with Gasteiger partial charge in [0.1, 0.15) is 0 Å². The van der Waals surface area contributed by atoms with Gasteiger partial charge in [-0.2, -0.15) is 17.0 Å². The first-order valence-electron chi connectivity index (χ1n) is 7.74. The quantitative estimate of drug-likeness (QED) is 0.798. The molecule has 0 aromatic heterocycles. The molecule has 2 fully saturated rings. The van der Waals surface area contributed by atoms with Gasteiger partial charge in [0.15, 0.2) is 0 Å².